The first-order valence-electron chi connectivity index (χ1n) is 13.6. The van der Waals surface area contributed by atoms with Crippen molar-refractivity contribution in [2.24, 2.45) is 0 Å². The predicted molar refractivity (Wildman–Crippen MR) is 156 cm³/mol. The van der Waals surface area contributed by atoms with E-state index in [4.69, 9.17) is 21.3 Å². The topological polar surface area (TPSA) is 125 Å². The number of hydrogen-bond donors (Lipinski definition) is 4. The minimum Gasteiger partial charge on any atom is -0.489 e. The van der Waals surface area contributed by atoms with Crippen molar-refractivity contribution in [1.29, 1.82) is 0 Å². The molecule has 3 heterocycles. The van der Waals surface area contributed by atoms with Crippen molar-refractivity contribution in [1.82, 2.24) is 15.3 Å². The van der Waals surface area contributed by atoms with Crippen LogP contribution >= 0.6 is 11.6 Å². The van der Waals surface area contributed by atoms with Gasteiger partial charge < -0.3 is 20.5 Å². The zero-order valence-corrected chi connectivity index (χ0v) is 24.1. The van der Waals surface area contributed by atoms with Gasteiger partial charge in [0.05, 0.1) is 16.8 Å². The summed E-state index contributed by atoms with van der Waals surface area (Å²) in [5, 5.41) is 17.5. The van der Waals surface area contributed by atoms with Gasteiger partial charge in [-0.2, -0.15) is 0 Å². The second kappa shape index (κ2) is 11.3. The van der Waals surface area contributed by atoms with Crippen molar-refractivity contribution in [3.05, 3.63) is 70.4 Å². The molecule has 0 unspecified atom stereocenters. The van der Waals surface area contributed by atoms with Crippen LogP contribution in [0.4, 0.5) is 20.4 Å². The van der Waals surface area contributed by atoms with Crippen LogP contribution in [0.1, 0.15) is 37.0 Å². The number of nitrogens with zero attached hydrogens (tertiary/aromatic N) is 2. The molecule has 0 spiro atoms. The molecule has 6 rings (SSSR count). The van der Waals surface area contributed by atoms with E-state index >= 15 is 8.78 Å². The molecule has 13 heteroatoms. The average Bonchev–Trinajstić information content (AvgIpc) is 3.34. The zero-order chi connectivity index (χ0) is 29.6. The third-order valence-electron chi connectivity index (χ3n) is 7.52. The third kappa shape index (κ3) is 5.35. The molecular weight excluding hydrogens is 588 g/mol. The molecule has 9 nitrogen and oxygen atoms in total. The first-order valence-corrected chi connectivity index (χ1v) is 15.4. The number of aromatic nitrogens is 2. The number of aryl methyl sites for hydroxylation is 1. The number of benzene rings is 3. The molecule has 0 radical (unpaired) electrons. The Labute approximate surface area is 246 Å². The Kier molecular flexibility index (Phi) is 7.64. The lowest BCUT2D eigenvalue weighted by atomic mass is 9.97. The lowest BCUT2D eigenvalue weighted by molar-refractivity contribution is 0.140. The Balaban J connectivity index is 1.36. The van der Waals surface area contributed by atoms with Crippen LogP contribution in [0, 0.1) is 11.6 Å². The molecule has 1 fully saturated rings. The standard InChI is InChI=1S/C29H28ClF2N5O4S/c1-2-15-9-16(10-17-13-34-29(36-27(15)17)35-19-5-7-33-8-6-19)25-21(31)3-4-22(26(25)32)37-42(39,40)24-12-18(30)11-20-23(38)14-41-28(20)24/h3-4,9-13,19,23,33,37-38H,2,5-8,14H2,1H3,(H,34,35,36)/t23-/m1/s1. The Morgan fingerprint density at radius 1 is 1.17 bits per heavy atom. The number of rotatable bonds is 7. The maximum Gasteiger partial charge on any atom is 0.265 e. The molecule has 1 aromatic heterocycles. The van der Waals surface area contributed by atoms with Crippen LogP contribution in [0.5, 0.6) is 5.75 Å². The highest BCUT2D eigenvalue weighted by atomic mass is 35.5. The van der Waals surface area contributed by atoms with Crippen LogP contribution < -0.4 is 20.1 Å². The van der Waals surface area contributed by atoms with Crippen molar-refractivity contribution < 1.29 is 27.0 Å². The fourth-order valence-corrected chi connectivity index (χ4v) is 6.94. The van der Waals surface area contributed by atoms with Gasteiger partial charge in [-0.05, 0) is 79.9 Å². The fraction of sp³-hybridized carbons (Fsp3) is 0.310. The van der Waals surface area contributed by atoms with Gasteiger partial charge in [-0.3, -0.25) is 4.72 Å². The summed E-state index contributed by atoms with van der Waals surface area (Å²) in [5.74, 6) is -1.53. The molecule has 0 saturated carbocycles. The van der Waals surface area contributed by atoms with Crippen LogP contribution in [-0.2, 0) is 16.4 Å². The average molecular weight is 616 g/mol. The first-order chi connectivity index (χ1) is 20.1. The summed E-state index contributed by atoms with van der Waals surface area (Å²) >= 11 is 6.10. The molecule has 2 aliphatic rings. The number of ether oxygens (including phenoxy) is 1. The monoisotopic (exact) mass is 615 g/mol. The van der Waals surface area contributed by atoms with E-state index in [1.54, 1.807) is 18.3 Å². The summed E-state index contributed by atoms with van der Waals surface area (Å²) in [7, 11) is -4.45. The summed E-state index contributed by atoms with van der Waals surface area (Å²) in [6.45, 7) is 3.60. The third-order valence-corrected chi connectivity index (χ3v) is 9.11. The molecule has 2 aliphatic heterocycles. The van der Waals surface area contributed by atoms with Gasteiger partial charge in [0.25, 0.3) is 10.0 Å². The Morgan fingerprint density at radius 3 is 2.71 bits per heavy atom. The van der Waals surface area contributed by atoms with E-state index in [1.807, 2.05) is 6.92 Å². The number of fused-ring (bicyclic) bond motifs is 2. The van der Waals surface area contributed by atoms with E-state index in [0.717, 1.165) is 49.7 Å². The maximum atomic E-state index is 15.9. The molecule has 1 saturated heterocycles. The van der Waals surface area contributed by atoms with E-state index in [-0.39, 0.29) is 39.4 Å². The zero-order valence-electron chi connectivity index (χ0n) is 22.5. The Bertz CT molecular complexity index is 1800. The van der Waals surface area contributed by atoms with Gasteiger partial charge in [0, 0.05) is 28.2 Å². The van der Waals surface area contributed by atoms with Gasteiger partial charge in [0.2, 0.25) is 5.95 Å². The largest absolute Gasteiger partial charge is 0.489 e. The summed E-state index contributed by atoms with van der Waals surface area (Å²) in [4.78, 5) is 8.77. The lowest BCUT2D eigenvalue weighted by Crippen LogP contribution is -2.35. The number of piperidine rings is 1. The number of hydrogen-bond acceptors (Lipinski definition) is 8. The van der Waals surface area contributed by atoms with Gasteiger partial charge >= 0.3 is 0 Å². The van der Waals surface area contributed by atoms with E-state index < -0.39 is 39.0 Å². The van der Waals surface area contributed by atoms with Crippen molar-refractivity contribution >= 4 is 44.2 Å². The molecule has 0 bridgehead atoms. The van der Waals surface area contributed by atoms with Crippen molar-refractivity contribution in [3.63, 3.8) is 0 Å². The molecule has 1 atom stereocenters. The van der Waals surface area contributed by atoms with Gasteiger partial charge in [-0.25, -0.2) is 27.2 Å². The fourth-order valence-electron chi connectivity index (χ4n) is 5.39. The molecule has 0 aliphatic carbocycles. The first kappa shape index (κ1) is 28.5. The van der Waals surface area contributed by atoms with Crippen LogP contribution in [0.2, 0.25) is 5.02 Å². The molecular formula is C29H28ClF2N5O4S. The van der Waals surface area contributed by atoms with Crippen molar-refractivity contribution in [2.75, 3.05) is 29.7 Å². The quantitative estimate of drug-likeness (QED) is 0.224. The molecule has 4 aromatic rings. The van der Waals surface area contributed by atoms with Crippen LogP contribution in [0.15, 0.2) is 47.5 Å². The Morgan fingerprint density at radius 2 is 1.95 bits per heavy atom. The summed E-state index contributed by atoms with van der Waals surface area (Å²) < 4.78 is 65.4. The van der Waals surface area contributed by atoms with Gasteiger partial charge in [-0.1, -0.05) is 18.5 Å². The SMILES string of the molecule is CCc1cc(-c2c(F)ccc(NS(=O)(=O)c3cc(Cl)cc4c3OC[C@H]4O)c2F)cc2cnc(NC3CCNCC3)nc12. The van der Waals surface area contributed by atoms with Gasteiger partial charge in [-0.15, -0.1) is 0 Å². The highest BCUT2D eigenvalue weighted by molar-refractivity contribution is 7.92. The second-order valence-corrected chi connectivity index (χ2v) is 12.4. The predicted octanol–water partition coefficient (Wildman–Crippen LogP) is 5.18. The van der Waals surface area contributed by atoms with E-state index in [1.165, 1.54) is 6.07 Å². The van der Waals surface area contributed by atoms with Gasteiger partial charge in [0.15, 0.2) is 5.82 Å². The Hall–Kier alpha value is -3.58. The second-order valence-electron chi connectivity index (χ2n) is 10.3. The van der Waals surface area contributed by atoms with E-state index in [2.05, 4.69) is 20.3 Å². The minimum atomic E-state index is -4.45. The number of halogens is 3. The van der Waals surface area contributed by atoms with E-state index in [0.29, 0.717) is 23.3 Å². The van der Waals surface area contributed by atoms with Crippen molar-refractivity contribution in [2.45, 2.75) is 43.2 Å². The summed E-state index contributed by atoms with van der Waals surface area (Å²) in [5.41, 5.74) is 0.993. The maximum absolute atomic E-state index is 15.9. The number of aliphatic hydroxyl groups is 1. The normalized spacial score (nSPS) is 17.2. The molecule has 220 valence electrons. The molecule has 42 heavy (non-hydrogen) atoms. The lowest BCUT2D eigenvalue weighted by Gasteiger charge is -2.23. The number of anilines is 2. The molecule has 0 amide bonds. The smallest absolute Gasteiger partial charge is 0.265 e. The number of nitrogens with one attached hydrogen (secondary N) is 3. The van der Waals surface area contributed by atoms with Crippen LogP contribution in [0.3, 0.4) is 0 Å². The molecule has 4 N–H and O–H groups in total. The van der Waals surface area contributed by atoms with Crippen molar-refractivity contribution in [3.8, 4) is 16.9 Å². The van der Waals surface area contributed by atoms with E-state index in [9.17, 15) is 13.5 Å². The number of sulfonamides is 1. The molecule has 3 aromatic carbocycles. The highest BCUT2D eigenvalue weighted by Gasteiger charge is 2.32. The summed E-state index contributed by atoms with van der Waals surface area (Å²) in [6, 6.07) is 8.06. The number of aliphatic hydroxyl groups excluding tert-OH is 1. The minimum absolute atomic E-state index is 0.0542. The van der Waals surface area contributed by atoms with Gasteiger partial charge in [0.1, 0.15) is 29.2 Å². The summed E-state index contributed by atoms with van der Waals surface area (Å²) in [6.07, 6.45) is 3.01. The van der Waals surface area contributed by atoms with Crippen LogP contribution in [-0.4, -0.2) is 49.2 Å². The highest BCUT2D eigenvalue weighted by Crippen LogP contribution is 2.41. The van der Waals surface area contributed by atoms with Crippen LogP contribution in [0.25, 0.3) is 22.0 Å².